The van der Waals surface area contributed by atoms with Crippen LogP contribution in [0.15, 0.2) is 29.9 Å². The summed E-state index contributed by atoms with van der Waals surface area (Å²) in [5, 5.41) is 11.7. The van der Waals surface area contributed by atoms with Gasteiger partial charge in [0.25, 0.3) is 5.91 Å². The molecule has 18 heavy (non-hydrogen) atoms. The Bertz CT molecular complexity index is 602. The lowest BCUT2D eigenvalue weighted by Crippen LogP contribution is -2.12. The largest absolute Gasteiger partial charge is 0.495 e. The number of anilines is 1. The minimum absolute atomic E-state index is 0.307. The summed E-state index contributed by atoms with van der Waals surface area (Å²) in [4.78, 5) is 16.2. The summed E-state index contributed by atoms with van der Waals surface area (Å²) in [5.74, 6) is 0.144. The Morgan fingerprint density at radius 2 is 2.39 bits per heavy atom. The number of rotatable bonds is 3. The quantitative estimate of drug-likeness (QED) is 0.917. The van der Waals surface area contributed by atoms with Crippen molar-refractivity contribution in [2.75, 3.05) is 12.4 Å². The van der Waals surface area contributed by atoms with Crippen LogP contribution in [0.5, 0.6) is 5.75 Å². The summed E-state index contributed by atoms with van der Waals surface area (Å²) >= 11 is 1.23. The molecule has 1 heterocycles. The summed E-state index contributed by atoms with van der Waals surface area (Å²) in [6, 6.07) is 7.01. The lowest BCUT2D eigenvalue weighted by molar-refractivity contribution is 0.103. The molecule has 1 aromatic heterocycles. The van der Waals surface area contributed by atoms with Gasteiger partial charge in [0, 0.05) is 0 Å². The van der Waals surface area contributed by atoms with Crippen LogP contribution < -0.4 is 10.1 Å². The van der Waals surface area contributed by atoms with Crippen LogP contribution in [0.4, 0.5) is 5.69 Å². The number of methoxy groups -OCH3 is 1. The zero-order chi connectivity index (χ0) is 13.0. The first-order valence-electron chi connectivity index (χ1n) is 5.03. The van der Waals surface area contributed by atoms with Crippen molar-refractivity contribution in [3.05, 3.63) is 40.3 Å². The van der Waals surface area contributed by atoms with E-state index in [-0.39, 0.29) is 5.91 Å². The lowest BCUT2D eigenvalue weighted by Gasteiger charge is -2.10. The maximum atomic E-state index is 11.9. The van der Waals surface area contributed by atoms with Crippen LogP contribution in [-0.4, -0.2) is 18.0 Å². The molecule has 0 spiro atoms. The van der Waals surface area contributed by atoms with Gasteiger partial charge in [-0.3, -0.25) is 9.78 Å². The normalized spacial score (nSPS) is 9.56. The number of carbonyl (C=O) groups is 1. The van der Waals surface area contributed by atoms with E-state index >= 15 is 0 Å². The van der Waals surface area contributed by atoms with E-state index in [1.165, 1.54) is 24.6 Å². The van der Waals surface area contributed by atoms with Crippen molar-refractivity contribution in [1.82, 2.24) is 4.98 Å². The molecule has 0 aliphatic carbocycles. The molecule has 5 nitrogen and oxygen atoms in total. The van der Waals surface area contributed by atoms with Crippen molar-refractivity contribution < 1.29 is 9.53 Å². The van der Waals surface area contributed by atoms with E-state index in [1.807, 2.05) is 6.07 Å². The summed E-state index contributed by atoms with van der Waals surface area (Å²) in [6.07, 6.45) is 1.47. The van der Waals surface area contributed by atoms with E-state index < -0.39 is 0 Å². The minimum Gasteiger partial charge on any atom is -0.495 e. The highest BCUT2D eigenvalue weighted by Gasteiger charge is 2.14. The number of aromatic nitrogens is 1. The van der Waals surface area contributed by atoms with E-state index in [1.54, 1.807) is 23.7 Å². The SMILES string of the molecule is COc1cccc(C#N)c1NC(=O)c1cncs1. The Hall–Kier alpha value is -2.39. The van der Waals surface area contributed by atoms with E-state index in [4.69, 9.17) is 10.00 Å². The Morgan fingerprint density at radius 1 is 1.56 bits per heavy atom. The van der Waals surface area contributed by atoms with Crippen LogP contribution in [0, 0.1) is 11.3 Å². The van der Waals surface area contributed by atoms with Crippen molar-refractivity contribution in [1.29, 1.82) is 5.26 Å². The first-order chi connectivity index (χ1) is 8.76. The third-order valence-electron chi connectivity index (χ3n) is 2.26. The molecule has 0 bridgehead atoms. The van der Waals surface area contributed by atoms with E-state index in [9.17, 15) is 4.79 Å². The minimum atomic E-state index is -0.307. The highest BCUT2D eigenvalue weighted by molar-refractivity contribution is 7.11. The molecular formula is C12H9N3O2S. The van der Waals surface area contributed by atoms with Gasteiger partial charge < -0.3 is 10.1 Å². The Morgan fingerprint density at radius 3 is 3.00 bits per heavy atom. The van der Waals surface area contributed by atoms with Gasteiger partial charge in [-0.05, 0) is 12.1 Å². The molecular weight excluding hydrogens is 250 g/mol. The van der Waals surface area contributed by atoms with E-state index in [0.29, 0.717) is 21.9 Å². The predicted octanol–water partition coefficient (Wildman–Crippen LogP) is 2.28. The van der Waals surface area contributed by atoms with Gasteiger partial charge in [0.15, 0.2) is 0 Å². The number of hydrogen-bond donors (Lipinski definition) is 1. The van der Waals surface area contributed by atoms with Crippen molar-refractivity contribution in [2.24, 2.45) is 0 Å². The number of nitrogens with zero attached hydrogens (tertiary/aromatic N) is 2. The third kappa shape index (κ3) is 2.31. The number of nitriles is 1. The second-order valence-electron chi connectivity index (χ2n) is 3.31. The standard InChI is InChI=1S/C12H9N3O2S/c1-17-9-4-2-3-8(5-13)11(9)15-12(16)10-6-14-7-18-10/h2-4,6-7H,1H3,(H,15,16). The van der Waals surface area contributed by atoms with Crippen molar-refractivity contribution in [3.8, 4) is 11.8 Å². The van der Waals surface area contributed by atoms with Crippen molar-refractivity contribution in [3.63, 3.8) is 0 Å². The first kappa shape index (κ1) is 12.1. The molecule has 1 amide bonds. The second kappa shape index (κ2) is 5.29. The summed E-state index contributed by atoms with van der Waals surface area (Å²) in [5.41, 5.74) is 2.30. The van der Waals surface area contributed by atoms with Gasteiger partial charge in [-0.25, -0.2) is 0 Å². The molecule has 1 N–H and O–H groups in total. The summed E-state index contributed by atoms with van der Waals surface area (Å²) < 4.78 is 5.13. The molecule has 0 atom stereocenters. The number of ether oxygens (including phenoxy) is 1. The molecule has 2 aromatic rings. The van der Waals surface area contributed by atoms with Crippen LogP contribution in [0.3, 0.4) is 0 Å². The van der Waals surface area contributed by atoms with Gasteiger partial charge in [0.1, 0.15) is 22.4 Å². The zero-order valence-corrected chi connectivity index (χ0v) is 10.3. The molecule has 0 aliphatic heterocycles. The predicted molar refractivity (Wildman–Crippen MR) is 67.8 cm³/mol. The van der Waals surface area contributed by atoms with Gasteiger partial charge in [-0.1, -0.05) is 6.07 Å². The Labute approximate surface area is 108 Å². The van der Waals surface area contributed by atoms with Crippen LogP contribution >= 0.6 is 11.3 Å². The van der Waals surface area contributed by atoms with Gasteiger partial charge >= 0.3 is 0 Å². The molecule has 0 unspecified atom stereocenters. The van der Waals surface area contributed by atoms with Crippen LogP contribution in [0.2, 0.25) is 0 Å². The fourth-order valence-corrected chi connectivity index (χ4v) is 1.94. The number of hydrogen-bond acceptors (Lipinski definition) is 5. The Balaban J connectivity index is 2.34. The number of nitrogens with one attached hydrogen (secondary N) is 1. The van der Waals surface area contributed by atoms with Gasteiger partial charge in [0.05, 0.1) is 24.4 Å². The smallest absolute Gasteiger partial charge is 0.267 e. The van der Waals surface area contributed by atoms with Crippen molar-refractivity contribution in [2.45, 2.75) is 0 Å². The van der Waals surface area contributed by atoms with Crippen LogP contribution in [0.25, 0.3) is 0 Å². The van der Waals surface area contributed by atoms with Gasteiger partial charge in [-0.15, -0.1) is 11.3 Å². The van der Waals surface area contributed by atoms with Gasteiger partial charge in [0.2, 0.25) is 0 Å². The zero-order valence-electron chi connectivity index (χ0n) is 9.51. The average Bonchev–Trinajstić information content (AvgIpc) is 2.93. The fraction of sp³-hybridized carbons (Fsp3) is 0.0833. The van der Waals surface area contributed by atoms with Gasteiger partial charge in [-0.2, -0.15) is 5.26 Å². The van der Waals surface area contributed by atoms with Crippen molar-refractivity contribution >= 4 is 22.9 Å². The molecule has 1 aromatic carbocycles. The highest BCUT2D eigenvalue weighted by atomic mass is 32.1. The molecule has 0 radical (unpaired) electrons. The maximum Gasteiger partial charge on any atom is 0.267 e. The number of thiazole rings is 1. The second-order valence-corrected chi connectivity index (χ2v) is 4.20. The molecule has 0 aliphatic rings. The first-order valence-corrected chi connectivity index (χ1v) is 5.91. The molecule has 2 rings (SSSR count). The number of carbonyl (C=O) groups excluding carboxylic acids is 1. The summed E-state index contributed by atoms with van der Waals surface area (Å²) in [6.45, 7) is 0. The maximum absolute atomic E-state index is 11.9. The van der Waals surface area contributed by atoms with Crippen LogP contribution in [-0.2, 0) is 0 Å². The molecule has 0 saturated heterocycles. The average molecular weight is 259 g/mol. The Kier molecular flexibility index (Phi) is 3.55. The number of para-hydroxylation sites is 1. The number of benzene rings is 1. The molecule has 0 saturated carbocycles. The van der Waals surface area contributed by atoms with Crippen LogP contribution in [0.1, 0.15) is 15.2 Å². The third-order valence-corrected chi connectivity index (χ3v) is 3.03. The number of amides is 1. The lowest BCUT2D eigenvalue weighted by atomic mass is 10.1. The molecule has 0 fully saturated rings. The van der Waals surface area contributed by atoms with E-state index in [2.05, 4.69) is 10.3 Å². The monoisotopic (exact) mass is 259 g/mol. The highest BCUT2D eigenvalue weighted by Crippen LogP contribution is 2.28. The topological polar surface area (TPSA) is 75.0 Å². The molecule has 90 valence electrons. The van der Waals surface area contributed by atoms with E-state index in [0.717, 1.165) is 0 Å². The fourth-order valence-electron chi connectivity index (χ4n) is 1.43. The molecule has 6 heteroatoms. The summed E-state index contributed by atoms with van der Waals surface area (Å²) in [7, 11) is 1.48.